The first-order chi connectivity index (χ1) is 37.5. The van der Waals surface area contributed by atoms with E-state index in [0.29, 0.717) is 95.3 Å². The normalized spacial score (nSPS) is 21.9. The topological polar surface area (TPSA) is 256 Å². The molecule has 6 heterocycles. The molecule has 6 aromatic rings. The van der Waals surface area contributed by atoms with Crippen LogP contribution in [0.2, 0.25) is 0 Å². The molecule has 0 spiro atoms. The second kappa shape index (κ2) is 21.9. The van der Waals surface area contributed by atoms with Crippen LogP contribution in [0.3, 0.4) is 0 Å². The predicted molar refractivity (Wildman–Crippen MR) is 275 cm³/mol. The Morgan fingerprint density at radius 2 is 1.05 bits per heavy atom. The fraction of sp³-hybridized carbons (Fsp3) is 0.542. The lowest BCUT2D eigenvalue weighted by atomic mass is 9.91. The minimum Gasteiger partial charge on any atom is -0.415 e. The van der Waals surface area contributed by atoms with Crippen molar-refractivity contribution in [3.05, 3.63) is 56.8 Å². The van der Waals surface area contributed by atoms with Crippen molar-refractivity contribution >= 4 is 79.8 Å². The van der Waals surface area contributed by atoms with Gasteiger partial charge in [-0.3, -0.25) is 28.3 Å². The van der Waals surface area contributed by atoms with E-state index in [1.54, 1.807) is 26.7 Å². The van der Waals surface area contributed by atoms with Crippen molar-refractivity contribution < 1.29 is 57.8 Å². The Morgan fingerprint density at radius 3 is 1.41 bits per heavy atom. The van der Waals surface area contributed by atoms with Gasteiger partial charge in [-0.15, -0.1) is 53.3 Å². The number of hydrogen-bond acceptors (Lipinski definition) is 16. The van der Waals surface area contributed by atoms with E-state index >= 15 is 0 Å². The number of thiophene rings is 2. The summed E-state index contributed by atoms with van der Waals surface area (Å²) in [5.41, 5.74) is 2.57. The van der Waals surface area contributed by atoms with Crippen LogP contribution < -0.4 is 41.4 Å². The molecule has 0 saturated heterocycles. The Morgan fingerprint density at radius 1 is 0.654 bits per heavy atom. The first-order valence-corrected chi connectivity index (χ1v) is 27.2. The van der Waals surface area contributed by atoms with Gasteiger partial charge in [-0.05, 0) is 100 Å². The van der Waals surface area contributed by atoms with Gasteiger partial charge >= 0.3 is 13.2 Å². The molecule has 0 bridgehead atoms. The summed E-state index contributed by atoms with van der Waals surface area (Å²) < 4.78 is 92.5. The largest absolute Gasteiger partial charge is 0.415 e. The maximum absolute atomic E-state index is 13.5. The van der Waals surface area contributed by atoms with Gasteiger partial charge in [0.2, 0.25) is 35.5 Å². The third-order valence-corrected chi connectivity index (χ3v) is 17.0. The number of anilines is 6. The van der Waals surface area contributed by atoms with Gasteiger partial charge in [-0.25, -0.2) is 18.1 Å². The van der Waals surface area contributed by atoms with Gasteiger partial charge < -0.3 is 41.4 Å². The number of hydrogen-bond donors (Lipinski definition) is 6. The summed E-state index contributed by atoms with van der Waals surface area (Å²) in [4.78, 5) is 53.8. The van der Waals surface area contributed by atoms with Crippen LogP contribution in [0.15, 0.2) is 24.8 Å². The van der Waals surface area contributed by atoms with E-state index < -0.39 is 49.2 Å². The number of halogens is 6. The molecule has 0 unspecified atom stereocenters. The highest BCUT2D eigenvalue weighted by atomic mass is 32.1. The average molecular weight is 1130 g/mol. The molecule has 420 valence electrons. The Labute approximate surface area is 451 Å². The van der Waals surface area contributed by atoms with Gasteiger partial charge in [0.05, 0.1) is 23.0 Å². The highest BCUT2D eigenvalue weighted by molar-refractivity contribution is 7.17. The quantitative estimate of drug-likeness (QED) is 0.0402. The number of carbonyl (C=O) groups excluding carboxylic acids is 4. The molecular formula is C48H58F6N16O6S2. The van der Waals surface area contributed by atoms with E-state index in [4.69, 9.17) is 0 Å². The first-order valence-electron chi connectivity index (χ1n) is 25.6. The molecule has 22 nitrogen and oxygen atoms in total. The molecular weight excluding hydrogens is 1070 g/mol. The summed E-state index contributed by atoms with van der Waals surface area (Å²) >= 11 is 2.74. The van der Waals surface area contributed by atoms with Crippen LogP contribution >= 0.6 is 22.7 Å². The number of aromatic nitrogens is 10. The standard InChI is InChI=1S/2C24H27F3N8O3S.2H2/c2*1-34-17(8-18(33-34)38-23(26)27)30-24-32-29-10-35(24)12-4-5-16-14(6-12)19(21(37)28-9-11-2-3-11)22(39-16)31-20(36)13-7-15(13)25;;/h2*8,10-13,15,23H,2-7,9H2,1H3,(H,28,37)(H,30,32)(H,31,36);2*1H/t12-,13+,15-;12-,13-,15+;;/m00../s1. The second-order valence-corrected chi connectivity index (χ2v) is 22.5. The molecule has 6 N–H and O–H groups in total. The van der Waals surface area contributed by atoms with E-state index in [9.17, 15) is 45.5 Å². The molecule has 0 aromatic carbocycles. The average Bonchev–Trinajstić information content (AvgIpc) is 4.42. The number of aryl methyl sites for hydroxylation is 4. The summed E-state index contributed by atoms with van der Waals surface area (Å²) in [6.07, 6.45) is 9.37. The number of amides is 4. The van der Waals surface area contributed by atoms with Crippen LogP contribution in [-0.4, -0.2) is 111 Å². The molecule has 78 heavy (non-hydrogen) atoms. The smallest absolute Gasteiger partial charge is 0.388 e. The summed E-state index contributed by atoms with van der Waals surface area (Å²) in [5, 5.41) is 42.9. The van der Waals surface area contributed by atoms with Crippen molar-refractivity contribution in [2.75, 3.05) is 34.4 Å². The molecule has 30 heteroatoms. The second-order valence-electron chi connectivity index (χ2n) is 20.3. The first kappa shape index (κ1) is 52.8. The molecule has 0 radical (unpaired) electrons. The SMILES string of the molecule is Cn1nc(OC(F)F)cc1Nc1nncn1[C@H]1CCc2sc(NC(=O)[C@@H]3C[C@@H]3F)c(C(=O)NCC3CC3)c2C1.Cn1nc(OC(F)F)cc1Nc1nncn1[C@H]1CCc2sc(NC(=O)[C@H]3C[C@H]3F)c(C(=O)NCC3CC3)c2C1.[HH].[HH]. The van der Waals surface area contributed by atoms with Crippen molar-refractivity contribution in [1.82, 2.24) is 59.7 Å². The summed E-state index contributed by atoms with van der Waals surface area (Å²) in [7, 11) is 3.16. The molecule has 0 aliphatic heterocycles. The van der Waals surface area contributed by atoms with E-state index in [1.807, 2.05) is 9.13 Å². The minimum absolute atomic E-state index is 0. The van der Waals surface area contributed by atoms with Crippen molar-refractivity contribution in [2.45, 2.75) is 115 Å². The Balaban J connectivity index is 0.000000189. The fourth-order valence-corrected chi connectivity index (χ4v) is 12.2. The minimum atomic E-state index is -2.99. The van der Waals surface area contributed by atoms with Crippen molar-refractivity contribution in [1.29, 1.82) is 0 Å². The Hall–Kier alpha value is -7.24. The highest BCUT2D eigenvalue weighted by Gasteiger charge is 2.46. The molecule has 6 aliphatic rings. The van der Waals surface area contributed by atoms with Crippen molar-refractivity contribution in [2.24, 2.45) is 37.8 Å². The molecule has 4 saturated carbocycles. The van der Waals surface area contributed by atoms with Gasteiger partial charge in [-0.2, -0.15) is 17.6 Å². The predicted octanol–water partition coefficient (Wildman–Crippen LogP) is 7.66. The number of alkyl halides is 6. The fourth-order valence-electron chi connectivity index (χ4n) is 9.68. The lowest BCUT2D eigenvalue weighted by molar-refractivity contribution is -0.118. The molecule has 6 aliphatic carbocycles. The lowest BCUT2D eigenvalue weighted by Gasteiger charge is -2.25. The van der Waals surface area contributed by atoms with Crippen LogP contribution in [0.1, 0.15) is 108 Å². The van der Waals surface area contributed by atoms with Crippen LogP contribution in [-0.2, 0) is 49.4 Å². The number of fused-ring (bicyclic) bond motifs is 2. The number of nitrogens with one attached hydrogen (secondary N) is 6. The van der Waals surface area contributed by atoms with E-state index in [0.717, 1.165) is 59.4 Å². The zero-order valence-electron chi connectivity index (χ0n) is 42.0. The molecule has 6 atom stereocenters. The van der Waals surface area contributed by atoms with Gasteiger partial charge in [0, 0.05) is 64.0 Å². The monoisotopic (exact) mass is 1130 g/mol. The molecule has 12 rings (SSSR count). The Bertz CT molecular complexity index is 3020. The Kier molecular flexibility index (Phi) is 14.8. The highest BCUT2D eigenvalue weighted by Crippen LogP contribution is 2.46. The molecule has 4 amide bonds. The van der Waals surface area contributed by atoms with Gasteiger partial charge in [0.1, 0.15) is 46.6 Å². The van der Waals surface area contributed by atoms with E-state index in [1.165, 1.54) is 44.2 Å². The summed E-state index contributed by atoms with van der Waals surface area (Å²) in [6, 6.07) is 2.43. The molecule has 4 fully saturated rings. The van der Waals surface area contributed by atoms with Crippen LogP contribution in [0.25, 0.3) is 0 Å². The third-order valence-electron chi connectivity index (χ3n) is 14.5. The maximum atomic E-state index is 13.5. The van der Waals surface area contributed by atoms with Gasteiger partial charge in [0.25, 0.3) is 11.8 Å². The maximum Gasteiger partial charge on any atom is 0.388 e. The zero-order chi connectivity index (χ0) is 54.5. The lowest BCUT2D eigenvalue weighted by Crippen LogP contribution is -2.29. The number of carbonyl (C=O) groups is 4. The molecule has 6 aromatic heterocycles. The summed E-state index contributed by atoms with van der Waals surface area (Å²) in [5.74, 6) is -0.601. The van der Waals surface area contributed by atoms with Gasteiger partial charge in [0.15, 0.2) is 0 Å². The number of ether oxygens (including phenoxy) is 2. The number of rotatable bonds is 20. The van der Waals surface area contributed by atoms with Crippen LogP contribution in [0.5, 0.6) is 11.8 Å². The zero-order valence-corrected chi connectivity index (χ0v) is 43.6. The third kappa shape index (κ3) is 11.9. The van der Waals surface area contributed by atoms with E-state index in [-0.39, 0.29) is 51.4 Å². The van der Waals surface area contributed by atoms with Crippen LogP contribution in [0.4, 0.5) is 59.9 Å². The van der Waals surface area contributed by atoms with Crippen molar-refractivity contribution in [3.63, 3.8) is 0 Å². The van der Waals surface area contributed by atoms with Gasteiger partial charge in [-0.1, -0.05) is 0 Å². The van der Waals surface area contributed by atoms with Crippen molar-refractivity contribution in [3.8, 4) is 11.8 Å². The van der Waals surface area contributed by atoms with E-state index in [2.05, 4.69) is 72.0 Å². The number of nitrogens with zero attached hydrogens (tertiary/aromatic N) is 10. The van der Waals surface area contributed by atoms with Crippen LogP contribution in [0, 0.1) is 23.7 Å². The summed E-state index contributed by atoms with van der Waals surface area (Å²) in [6.45, 7) is -4.83.